The number of aliphatic hydroxyl groups excluding tert-OH is 1. The summed E-state index contributed by atoms with van der Waals surface area (Å²) in [5, 5.41) is 12.4. The normalized spacial score (nSPS) is 21.4. The number of aliphatic hydroxyl groups is 1. The van der Waals surface area contributed by atoms with Crippen molar-refractivity contribution in [2.45, 2.75) is 18.5 Å². The number of hydrogen-bond acceptors (Lipinski definition) is 4. The van der Waals surface area contributed by atoms with Crippen LogP contribution >= 0.6 is 0 Å². The van der Waals surface area contributed by atoms with Crippen molar-refractivity contribution in [3.05, 3.63) is 35.4 Å². The Bertz CT molecular complexity index is 439. The van der Waals surface area contributed by atoms with E-state index in [0.29, 0.717) is 25.2 Å². The van der Waals surface area contributed by atoms with Crippen molar-refractivity contribution in [2.24, 2.45) is 0 Å². The maximum atomic E-state index is 13.3. The number of rotatable bonds is 6. The summed E-state index contributed by atoms with van der Waals surface area (Å²) >= 11 is 0. The van der Waals surface area contributed by atoms with Crippen molar-refractivity contribution in [1.82, 2.24) is 10.2 Å². The topological polar surface area (TPSA) is 44.7 Å². The molecule has 0 radical (unpaired) electrons. The highest BCUT2D eigenvalue weighted by molar-refractivity contribution is 5.21. The van der Waals surface area contributed by atoms with Gasteiger partial charge in [-0.3, -0.25) is 4.90 Å². The minimum absolute atomic E-state index is 0.000465. The largest absolute Gasteiger partial charge is 0.395 e. The summed E-state index contributed by atoms with van der Waals surface area (Å²) < 4.78 is 32.0. The molecule has 118 valence electrons. The first-order valence-electron chi connectivity index (χ1n) is 7.20. The zero-order chi connectivity index (χ0) is 15.2. The number of nitrogens with one attached hydrogen (secondary N) is 1. The molecule has 0 saturated carbocycles. The molecule has 1 saturated heterocycles. The lowest BCUT2D eigenvalue weighted by Crippen LogP contribution is -2.48. The van der Waals surface area contributed by atoms with Crippen LogP contribution in [0.1, 0.15) is 18.0 Å². The quantitative estimate of drug-likeness (QED) is 0.831. The van der Waals surface area contributed by atoms with E-state index in [1.54, 1.807) is 7.05 Å². The van der Waals surface area contributed by atoms with E-state index in [4.69, 9.17) is 4.74 Å². The molecule has 2 atom stereocenters. The number of morpholine rings is 1. The number of nitrogens with zero attached hydrogens (tertiary/aromatic N) is 1. The Morgan fingerprint density at radius 3 is 2.71 bits per heavy atom. The van der Waals surface area contributed by atoms with Crippen LogP contribution in [0.3, 0.4) is 0 Å². The van der Waals surface area contributed by atoms with E-state index in [1.807, 2.05) is 0 Å². The summed E-state index contributed by atoms with van der Waals surface area (Å²) in [6.07, 6.45) is 0.704. The molecule has 2 rings (SSSR count). The van der Waals surface area contributed by atoms with Gasteiger partial charge in [0.05, 0.1) is 25.9 Å². The van der Waals surface area contributed by atoms with E-state index in [0.717, 1.165) is 19.2 Å². The standard InChI is InChI=1S/C15H22F2N2O2/c1-18-15(11-6-12(16)8-13(17)7-11)2-3-19-4-5-21-10-14(19)9-20/h6-8,14-15,18,20H,2-5,9-10H2,1H3. The Kier molecular flexibility index (Phi) is 6.05. The Morgan fingerprint density at radius 2 is 2.10 bits per heavy atom. The lowest BCUT2D eigenvalue weighted by Gasteiger charge is -2.35. The van der Waals surface area contributed by atoms with Gasteiger partial charge in [0.25, 0.3) is 0 Å². The molecule has 1 aliphatic heterocycles. The highest BCUT2D eigenvalue weighted by Gasteiger charge is 2.23. The lowest BCUT2D eigenvalue weighted by atomic mass is 10.0. The van der Waals surface area contributed by atoms with E-state index in [1.165, 1.54) is 12.1 Å². The van der Waals surface area contributed by atoms with Crippen molar-refractivity contribution in [3.8, 4) is 0 Å². The monoisotopic (exact) mass is 300 g/mol. The SMILES string of the molecule is CNC(CCN1CCOCC1CO)c1cc(F)cc(F)c1. The second-order valence-electron chi connectivity index (χ2n) is 5.28. The fourth-order valence-electron chi connectivity index (χ4n) is 2.70. The molecule has 0 spiro atoms. The second kappa shape index (κ2) is 7.79. The zero-order valence-corrected chi connectivity index (χ0v) is 12.2. The van der Waals surface area contributed by atoms with Crippen LogP contribution in [-0.2, 0) is 4.74 Å². The molecule has 2 N–H and O–H groups in total. The van der Waals surface area contributed by atoms with Crippen LogP contribution in [0, 0.1) is 11.6 Å². The molecular formula is C15H22F2N2O2. The molecule has 6 heteroatoms. The molecule has 2 unspecified atom stereocenters. The summed E-state index contributed by atoms with van der Waals surface area (Å²) in [5.74, 6) is -1.13. The van der Waals surface area contributed by atoms with E-state index in [9.17, 15) is 13.9 Å². The van der Waals surface area contributed by atoms with Gasteiger partial charge < -0.3 is 15.2 Å². The van der Waals surface area contributed by atoms with E-state index >= 15 is 0 Å². The fraction of sp³-hybridized carbons (Fsp3) is 0.600. The molecule has 1 fully saturated rings. The third kappa shape index (κ3) is 4.44. The van der Waals surface area contributed by atoms with Crippen LogP contribution in [0.2, 0.25) is 0 Å². The minimum atomic E-state index is -0.565. The smallest absolute Gasteiger partial charge is 0.126 e. The van der Waals surface area contributed by atoms with Crippen molar-refractivity contribution in [3.63, 3.8) is 0 Å². The van der Waals surface area contributed by atoms with Crippen LogP contribution < -0.4 is 5.32 Å². The predicted molar refractivity (Wildman–Crippen MR) is 76.0 cm³/mol. The molecule has 0 aliphatic carbocycles. The van der Waals surface area contributed by atoms with Gasteiger partial charge in [-0.25, -0.2) is 8.78 Å². The highest BCUT2D eigenvalue weighted by Crippen LogP contribution is 2.20. The van der Waals surface area contributed by atoms with Crippen LogP contribution in [0.25, 0.3) is 0 Å². The fourth-order valence-corrected chi connectivity index (χ4v) is 2.70. The van der Waals surface area contributed by atoms with Crippen molar-refractivity contribution in [2.75, 3.05) is 40.0 Å². The summed E-state index contributed by atoms with van der Waals surface area (Å²) in [6.45, 7) is 2.72. The molecule has 0 bridgehead atoms. The minimum Gasteiger partial charge on any atom is -0.395 e. The number of ether oxygens (including phenoxy) is 1. The Balaban J connectivity index is 1.98. The van der Waals surface area contributed by atoms with E-state index < -0.39 is 11.6 Å². The van der Waals surface area contributed by atoms with Gasteiger partial charge in [-0.1, -0.05) is 0 Å². The molecule has 1 heterocycles. The first-order chi connectivity index (χ1) is 10.1. The molecule has 0 aromatic heterocycles. The molecular weight excluding hydrogens is 278 g/mol. The zero-order valence-electron chi connectivity index (χ0n) is 12.2. The summed E-state index contributed by atoms with van der Waals surface area (Å²) in [5.41, 5.74) is 0.601. The Labute approximate surface area is 123 Å². The molecule has 1 aliphatic rings. The first-order valence-corrected chi connectivity index (χ1v) is 7.20. The van der Waals surface area contributed by atoms with Crippen LogP contribution in [-0.4, -0.2) is 56.0 Å². The van der Waals surface area contributed by atoms with Crippen LogP contribution in [0.5, 0.6) is 0 Å². The van der Waals surface area contributed by atoms with E-state index in [-0.39, 0.29) is 18.7 Å². The average molecular weight is 300 g/mol. The maximum Gasteiger partial charge on any atom is 0.126 e. The molecule has 1 aromatic rings. The highest BCUT2D eigenvalue weighted by atomic mass is 19.1. The van der Waals surface area contributed by atoms with Gasteiger partial charge in [-0.15, -0.1) is 0 Å². The summed E-state index contributed by atoms with van der Waals surface area (Å²) in [7, 11) is 1.77. The number of hydrogen-bond donors (Lipinski definition) is 2. The van der Waals surface area contributed by atoms with Gasteiger partial charge >= 0.3 is 0 Å². The van der Waals surface area contributed by atoms with Gasteiger partial charge in [0.1, 0.15) is 11.6 Å². The molecule has 1 aromatic carbocycles. The van der Waals surface area contributed by atoms with Gasteiger partial charge in [-0.05, 0) is 31.2 Å². The van der Waals surface area contributed by atoms with Crippen molar-refractivity contribution >= 4 is 0 Å². The van der Waals surface area contributed by atoms with Crippen molar-refractivity contribution < 1.29 is 18.6 Å². The summed E-state index contributed by atoms with van der Waals surface area (Å²) in [4.78, 5) is 2.16. The van der Waals surface area contributed by atoms with Gasteiger partial charge in [0.15, 0.2) is 0 Å². The third-order valence-corrected chi connectivity index (χ3v) is 3.90. The predicted octanol–water partition coefficient (Wildman–Crippen LogP) is 1.31. The average Bonchev–Trinajstić information content (AvgIpc) is 2.47. The Morgan fingerprint density at radius 1 is 1.38 bits per heavy atom. The van der Waals surface area contributed by atoms with Gasteiger partial charge in [-0.2, -0.15) is 0 Å². The number of benzene rings is 1. The molecule has 21 heavy (non-hydrogen) atoms. The van der Waals surface area contributed by atoms with Crippen molar-refractivity contribution in [1.29, 1.82) is 0 Å². The molecule has 4 nitrogen and oxygen atoms in total. The Hall–Kier alpha value is -1.08. The molecule has 0 amide bonds. The second-order valence-corrected chi connectivity index (χ2v) is 5.28. The van der Waals surface area contributed by atoms with Crippen LogP contribution in [0.4, 0.5) is 8.78 Å². The van der Waals surface area contributed by atoms with E-state index in [2.05, 4.69) is 10.2 Å². The third-order valence-electron chi connectivity index (χ3n) is 3.90. The van der Waals surface area contributed by atoms with Gasteiger partial charge in [0.2, 0.25) is 0 Å². The first kappa shape index (κ1) is 16.3. The lowest BCUT2D eigenvalue weighted by molar-refractivity contribution is -0.0285. The summed E-state index contributed by atoms with van der Waals surface area (Å²) in [6, 6.07) is 3.46. The van der Waals surface area contributed by atoms with Gasteiger partial charge in [0, 0.05) is 25.2 Å². The maximum absolute atomic E-state index is 13.3. The number of halogens is 2. The van der Waals surface area contributed by atoms with Crippen LogP contribution in [0.15, 0.2) is 18.2 Å².